The second-order valence-electron chi connectivity index (χ2n) is 14.2. The second-order valence-corrected chi connectivity index (χ2v) is 14.2. The molecule has 5 heteroatoms. The summed E-state index contributed by atoms with van der Waals surface area (Å²) in [7, 11) is 2.46. The first-order valence-corrected chi connectivity index (χ1v) is 14.8. The predicted octanol–water partition coefficient (Wildman–Crippen LogP) is 3.67. The van der Waals surface area contributed by atoms with Crippen LogP contribution < -0.4 is 0 Å². The molecule has 6 rings (SSSR count). The molecule has 0 bridgehead atoms. The molecule has 0 amide bonds. The maximum atomic E-state index is 11.8. The van der Waals surface area contributed by atoms with Crippen LogP contribution in [0.2, 0.25) is 0 Å². The molecule has 5 unspecified atom stereocenters. The van der Waals surface area contributed by atoms with Crippen LogP contribution in [0.4, 0.5) is 0 Å². The number of hydrogen-bond donors (Lipinski definition) is 2. The van der Waals surface area contributed by atoms with E-state index in [1.807, 2.05) is 0 Å². The van der Waals surface area contributed by atoms with E-state index >= 15 is 0 Å². The van der Waals surface area contributed by atoms with Crippen LogP contribution in [0.3, 0.4) is 0 Å². The van der Waals surface area contributed by atoms with Crippen molar-refractivity contribution in [1.82, 2.24) is 4.90 Å². The molecule has 0 aromatic heterocycles. The first-order chi connectivity index (χ1) is 16.3. The summed E-state index contributed by atoms with van der Waals surface area (Å²) in [5.74, 6) is 2.86. The summed E-state index contributed by atoms with van der Waals surface area (Å²) < 4.78 is 6.75. The van der Waals surface area contributed by atoms with Crippen molar-refractivity contribution in [1.29, 1.82) is 0 Å². The van der Waals surface area contributed by atoms with Gasteiger partial charge >= 0.3 is 0 Å². The Bertz CT molecular complexity index is 750. The molecule has 2 heterocycles. The average molecular weight is 476 g/mol. The number of rotatable bonds is 2. The van der Waals surface area contributed by atoms with Gasteiger partial charge in [0, 0.05) is 31.0 Å². The van der Waals surface area contributed by atoms with Gasteiger partial charge in [0.1, 0.15) is 12.1 Å². The summed E-state index contributed by atoms with van der Waals surface area (Å²) in [6.07, 6.45) is 12.2. The molecule has 34 heavy (non-hydrogen) atoms. The highest BCUT2D eigenvalue weighted by atomic mass is 16.5. The molecule has 0 aromatic rings. The lowest BCUT2D eigenvalue weighted by Crippen LogP contribution is -2.61. The Balaban J connectivity index is 1.25. The lowest BCUT2D eigenvalue weighted by atomic mass is 9.44. The van der Waals surface area contributed by atoms with Crippen LogP contribution in [-0.4, -0.2) is 90.3 Å². The molecule has 0 aromatic carbocycles. The van der Waals surface area contributed by atoms with Crippen molar-refractivity contribution >= 4 is 0 Å². The fraction of sp³-hybridized carbons (Fsp3) is 1.00. The van der Waals surface area contributed by atoms with Gasteiger partial charge in [0.05, 0.1) is 39.5 Å². The van der Waals surface area contributed by atoms with Crippen LogP contribution in [0.25, 0.3) is 0 Å². The molecule has 2 aliphatic heterocycles. The van der Waals surface area contributed by atoms with E-state index in [9.17, 15) is 10.2 Å². The number of likely N-dealkylation sites (N-methyl/N-ethyl adjacent to an activating group) is 1. The third-order valence-electron chi connectivity index (χ3n) is 12.8. The van der Waals surface area contributed by atoms with Crippen LogP contribution in [0.15, 0.2) is 0 Å². The largest absolute Gasteiger partial charge is 0.391 e. The highest BCUT2D eigenvalue weighted by molar-refractivity contribution is 5.13. The van der Waals surface area contributed by atoms with E-state index in [1.54, 1.807) is 0 Å². The first kappa shape index (κ1) is 24.2. The van der Waals surface area contributed by atoms with E-state index in [0.29, 0.717) is 29.3 Å². The zero-order chi connectivity index (χ0) is 23.7. The Morgan fingerprint density at radius 3 is 2.35 bits per heavy atom. The Hall–Kier alpha value is -0.200. The Kier molecular flexibility index (Phi) is 6.17. The molecule has 0 spiro atoms. The number of likely N-dealkylation sites (tertiary alicyclic amines) is 1. The highest BCUT2D eigenvalue weighted by Gasteiger charge is 2.65. The van der Waals surface area contributed by atoms with E-state index < -0.39 is 0 Å². The maximum absolute atomic E-state index is 11.8. The molecule has 5 nitrogen and oxygen atoms in total. The van der Waals surface area contributed by atoms with Gasteiger partial charge in [0.15, 0.2) is 0 Å². The van der Waals surface area contributed by atoms with Crippen molar-refractivity contribution in [3.05, 3.63) is 0 Å². The number of aliphatic hydroxyl groups excluding tert-OH is 2. The number of ether oxygens (including phenoxy) is 1. The number of nitrogens with zero attached hydrogens (tertiary/aromatic N) is 2. The van der Waals surface area contributed by atoms with Crippen molar-refractivity contribution in [2.75, 3.05) is 46.4 Å². The van der Waals surface area contributed by atoms with E-state index in [2.05, 4.69) is 25.8 Å². The zero-order valence-corrected chi connectivity index (χ0v) is 22.1. The van der Waals surface area contributed by atoms with Gasteiger partial charge in [-0.1, -0.05) is 13.8 Å². The predicted molar refractivity (Wildman–Crippen MR) is 134 cm³/mol. The maximum Gasteiger partial charge on any atom is 0.116 e. The fourth-order valence-electron chi connectivity index (χ4n) is 10.7. The van der Waals surface area contributed by atoms with E-state index in [0.717, 1.165) is 55.5 Å². The molecule has 6 aliphatic rings. The minimum Gasteiger partial charge on any atom is -0.391 e. The monoisotopic (exact) mass is 475 g/mol. The first-order valence-electron chi connectivity index (χ1n) is 14.8. The normalized spacial score (nSPS) is 53.6. The Labute approximate surface area is 207 Å². The van der Waals surface area contributed by atoms with Crippen molar-refractivity contribution in [2.45, 2.75) is 102 Å². The van der Waals surface area contributed by atoms with Gasteiger partial charge in [-0.25, -0.2) is 0 Å². The van der Waals surface area contributed by atoms with Crippen LogP contribution in [-0.2, 0) is 4.74 Å². The quantitative estimate of drug-likeness (QED) is 0.599. The van der Waals surface area contributed by atoms with Gasteiger partial charge < -0.3 is 19.4 Å². The number of piperidine rings is 1. The molecule has 194 valence electrons. The number of hydrogen-bond acceptors (Lipinski definition) is 4. The SMILES string of the molecule is C[C@]12CC(N3CCOCC3)C(O)CC1CC[C@@H]1[C@H]2CC[C@]2(C)C(O)C([N+]3(C)CCCCC3)C[C@@H]12. The average Bonchev–Trinajstić information content (AvgIpc) is 3.12. The van der Waals surface area contributed by atoms with Gasteiger partial charge in [0.25, 0.3) is 0 Å². The number of fused-ring (bicyclic) bond motifs is 5. The van der Waals surface area contributed by atoms with Crippen molar-refractivity contribution in [3.63, 3.8) is 0 Å². The zero-order valence-electron chi connectivity index (χ0n) is 22.1. The molecule has 4 aliphatic carbocycles. The molecule has 10 atom stereocenters. The molecular weight excluding hydrogens is 424 g/mol. The topological polar surface area (TPSA) is 52.9 Å². The Morgan fingerprint density at radius 1 is 0.882 bits per heavy atom. The smallest absolute Gasteiger partial charge is 0.116 e. The summed E-state index contributed by atoms with van der Waals surface area (Å²) in [5.41, 5.74) is 0.435. The summed E-state index contributed by atoms with van der Waals surface area (Å²) in [6.45, 7) is 11.2. The van der Waals surface area contributed by atoms with Crippen LogP contribution in [0.1, 0.15) is 78.1 Å². The molecule has 6 fully saturated rings. The lowest BCUT2D eigenvalue weighted by molar-refractivity contribution is -0.940. The van der Waals surface area contributed by atoms with Crippen LogP contribution >= 0.6 is 0 Å². The van der Waals surface area contributed by atoms with Crippen molar-refractivity contribution in [2.24, 2.45) is 34.5 Å². The number of morpholine rings is 1. The molecule has 4 saturated carbocycles. The second kappa shape index (κ2) is 8.68. The lowest BCUT2D eigenvalue weighted by Gasteiger charge is -2.62. The van der Waals surface area contributed by atoms with Gasteiger partial charge in [0.2, 0.25) is 0 Å². The molecule has 2 N–H and O–H groups in total. The van der Waals surface area contributed by atoms with Gasteiger partial charge in [-0.3, -0.25) is 4.90 Å². The minimum absolute atomic E-state index is 0.103. The summed E-state index contributed by atoms with van der Waals surface area (Å²) in [5, 5.41) is 23.0. The molecule has 2 saturated heterocycles. The van der Waals surface area contributed by atoms with E-state index in [1.165, 1.54) is 64.5 Å². The van der Waals surface area contributed by atoms with Crippen molar-refractivity contribution < 1.29 is 19.4 Å². The fourth-order valence-corrected chi connectivity index (χ4v) is 10.7. The van der Waals surface area contributed by atoms with Gasteiger partial charge in [-0.2, -0.15) is 0 Å². The summed E-state index contributed by atoms with van der Waals surface area (Å²) >= 11 is 0. The van der Waals surface area contributed by atoms with Gasteiger partial charge in [-0.05, 0) is 86.9 Å². The van der Waals surface area contributed by atoms with Crippen LogP contribution in [0.5, 0.6) is 0 Å². The van der Waals surface area contributed by atoms with E-state index in [-0.39, 0.29) is 17.6 Å². The third-order valence-corrected chi connectivity index (χ3v) is 12.8. The summed E-state index contributed by atoms with van der Waals surface area (Å²) in [6, 6.07) is 0.741. The molecular formula is C29H51N2O3+. The van der Waals surface area contributed by atoms with Gasteiger partial charge in [-0.15, -0.1) is 0 Å². The number of aliphatic hydroxyl groups is 2. The highest BCUT2D eigenvalue weighted by Crippen LogP contribution is 2.67. The van der Waals surface area contributed by atoms with Crippen molar-refractivity contribution in [3.8, 4) is 0 Å². The van der Waals surface area contributed by atoms with E-state index in [4.69, 9.17) is 4.74 Å². The third kappa shape index (κ3) is 3.58. The standard InChI is InChI=1S/C29H51N2O3/c1-28-10-9-22-21(23(28)18-25(27(28)33)31(3)13-5-4-6-14-31)8-7-20-17-26(32)24(19-29(20,22)2)30-11-15-34-16-12-30/h20-27,32-33H,4-19H2,1-3H3/q+1/t20?,21-,22-,23+,24?,25?,26?,27?,28+,29+/m1/s1. The molecule has 0 radical (unpaired) electrons. The summed E-state index contributed by atoms with van der Waals surface area (Å²) in [4.78, 5) is 2.54. The number of quaternary nitrogens is 1. The van der Waals surface area contributed by atoms with Crippen LogP contribution in [0, 0.1) is 34.5 Å². The minimum atomic E-state index is -0.178. The Morgan fingerprint density at radius 2 is 1.62 bits per heavy atom.